The van der Waals surface area contributed by atoms with Crippen molar-refractivity contribution in [3.63, 3.8) is 0 Å². The fraction of sp³-hybridized carbons (Fsp3) is 0.684. The summed E-state index contributed by atoms with van der Waals surface area (Å²) in [6.07, 6.45) is 8.23. The predicted molar refractivity (Wildman–Crippen MR) is 85.4 cm³/mol. The van der Waals surface area contributed by atoms with Gasteiger partial charge in [0.1, 0.15) is 11.6 Å². The Hall–Kier alpha value is -1.09. The fourth-order valence-electron chi connectivity index (χ4n) is 5.69. The lowest BCUT2D eigenvalue weighted by molar-refractivity contribution is -0.0207. The van der Waals surface area contributed by atoms with Gasteiger partial charge >= 0.3 is 0 Å². The van der Waals surface area contributed by atoms with Crippen LogP contribution in [0.3, 0.4) is 0 Å². The Balaban J connectivity index is 1.51. The molecule has 0 heterocycles. The van der Waals surface area contributed by atoms with Crippen molar-refractivity contribution in [1.29, 1.82) is 0 Å². The molecule has 4 aliphatic carbocycles. The summed E-state index contributed by atoms with van der Waals surface area (Å²) in [5.74, 6) is 3.21. The molecule has 0 aromatic heterocycles. The molecule has 0 aliphatic heterocycles. The molecule has 0 spiro atoms. The van der Waals surface area contributed by atoms with E-state index >= 15 is 0 Å². The van der Waals surface area contributed by atoms with Crippen LogP contribution in [0.2, 0.25) is 0 Å². The Kier molecular flexibility index (Phi) is 3.44. The highest BCUT2D eigenvalue weighted by Gasteiger charge is 2.50. The summed E-state index contributed by atoms with van der Waals surface area (Å²) in [5, 5.41) is 3.78. The Morgan fingerprint density at radius 3 is 2.23 bits per heavy atom. The van der Waals surface area contributed by atoms with E-state index in [0.717, 1.165) is 28.9 Å². The molecular formula is C19H26FNO. The number of hydrogen-bond acceptors (Lipinski definition) is 2. The number of nitrogens with one attached hydrogen (secondary N) is 1. The Morgan fingerprint density at radius 1 is 1.14 bits per heavy atom. The number of halogens is 1. The molecule has 1 aromatic carbocycles. The van der Waals surface area contributed by atoms with Crippen molar-refractivity contribution < 1.29 is 9.13 Å². The number of methoxy groups -OCH3 is 1. The van der Waals surface area contributed by atoms with E-state index < -0.39 is 0 Å². The molecule has 4 aliphatic rings. The summed E-state index contributed by atoms with van der Waals surface area (Å²) in [5.41, 5.74) is 2.07. The van der Waals surface area contributed by atoms with Crippen LogP contribution in [0.5, 0.6) is 5.75 Å². The van der Waals surface area contributed by atoms with Crippen LogP contribution in [-0.4, -0.2) is 12.6 Å². The Labute approximate surface area is 132 Å². The molecule has 0 atom stereocenters. The van der Waals surface area contributed by atoms with Gasteiger partial charge in [0, 0.05) is 23.7 Å². The number of benzene rings is 1. The van der Waals surface area contributed by atoms with Crippen molar-refractivity contribution in [1.82, 2.24) is 5.32 Å². The molecule has 120 valence electrons. The highest BCUT2D eigenvalue weighted by atomic mass is 19.1. The first kappa shape index (κ1) is 14.5. The summed E-state index contributed by atoms with van der Waals surface area (Å²) in [6, 6.07) is 3.43. The maximum absolute atomic E-state index is 14.3. The van der Waals surface area contributed by atoms with Crippen LogP contribution in [0, 0.1) is 30.5 Å². The Morgan fingerprint density at radius 2 is 1.73 bits per heavy atom. The summed E-state index contributed by atoms with van der Waals surface area (Å²) in [4.78, 5) is 0. The molecule has 1 aromatic rings. The van der Waals surface area contributed by atoms with Crippen molar-refractivity contribution >= 4 is 0 Å². The smallest absolute Gasteiger partial charge is 0.131 e. The van der Waals surface area contributed by atoms with E-state index in [9.17, 15) is 4.39 Å². The monoisotopic (exact) mass is 303 g/mol. The maximum atomic E-state index is 14.3. The van der Waals surface area contributed by atoms with E-state index in [2.05, 4.69) is 5.32 Å². The standard InChI is InChI=1S/C19H26FNO/c1-12-3-16(22-2)7-18(20)17(12)11-21-19-8-13-4-14(9-19)6-15(5-13)10-19/h3,7,13-15,21H,4-6,8-11H2,1-2H3. The molecule has 0 saturated heterocycles. The van der Waals surface area contributed by atoms with Gasteiger partial charge < -0.3 is 10.1 Å². The van der Waals surface area contributed by atoms with Crippen molar-refractivity contribution in [3.05, 3.63) is 29.1 Å². The first-order valence-electron chi connectivity index (χ1n) is 8.65. The molecule has 3 heteroatoms. The van der Waals surface area contributed by atoms with Crippen LogP contribution < -0.4 is 10.1 Å². The minimum absolute atomic E-state index is 0.144. The molecule has 0 radical (unpaired) electrons. The molecule has 4 bridgehead atoms. The average molecular weight is 303 g/mol. The van der Waals surface area contributed by atoms with Gasteiger partial charge in [0.25, 0.3) is 0 Å². The van der Waals surface area contributed by atoms with Crippen LogP contribution in [-0.2, 0) is 6.54 Å². The first-order valence-corrected chi connectivity index (χ1v) is 8.65. The predicted octanol–water partition coefficient (Wildman–Crippen LogP) is 4.20. The average Bonchev–Trinajstić information content (AvgIpc) is 2.44. The first-order chi connectivity index (χ1) is 10.6. The van der Waals surface area contributed by atoms with Gasteiger partial charge in [-0.25, -0.2) is 4.39 Å². The quantitative estimate of drug-likeness (QED) is 0.900. The number of ether oxygens (including phenoxy) is 1. The topological polar surface area (TPSA) is 21.3 Å². The summed E-state index contributed by atoms with van der Waals surface area (Å²) in [7, 11) is 1.58. The Bertz CT molecular complexity index is 525. The van der Waals surface area contributed by atoms with Crippen molar-refractivity contribution in [2.24, 2.45) is 17.8 Å². The van der Waals surface area contributed by atoms with Crippen LogP contribution >= 0.6 is 0 Å². The summed E-state index contributed by atoms with van der Waals surface area (Å²) in [6.45, 7) is 2.62. The van der Waals surface area contributed by atoms with Gasteiger partial charge in [-0.1, -0.05) is 0 Å². The molecule has 4 saturated carbocycles. The number of rotatable bonds is 4. The fourth-order valence-corrected chi connectivity index (χ4v) is 5.69. The van der Waals surface area contributed by atoms with Crippen LogP contribution in [0.15, 0.2) is 12.1 Å². The van der Waals surface area contributed by atoms with Gasteiger partial charge in [-0.3, -0.25) is 0 Å². The highest BCUT2D eigenvalue weighted by molar-refractivity contribution is 5.36. The van der Waals surface area contributed by atoms with Gasteiger partial charge in [0.15, 0.2) is 0 Å². The zero-order chi connectivity index (χ0) is 15.3. The molecule has 2 nitrogen and oxygen atoms in total. The third-order valence-corrected chi connectivity index (χ3v) is 6.31. The number of aryl methyl sites for hydroxylation is 1. The highest BCUT2D eigenvalue weighted by Crippen LogP contribution is 2.55. The van der Waals surface area contributed by atoms with E-state index in [1.807, 2.05) is 13.0 Å². The van der Waals surface area contributed by atoms with E-state index in [1.165, 1.54) is 44.6 Å². The lowest BCUT2D eigenvalue weighted by atomic mass is 9.53. The molecule has 5 rings (SSSR count). The molecule has 22 heavy (non-hydrogen) atoms. The van der Waals surface area contributed by atoms with Crippen LogP contribution in [0.25, 0.3) is 0 Å². The van der Waals surface area contributed by atoms with Gasteiger partial charge in [0.2, 0.25) is 0 Å². The van der Waals surface area contributed by atoms with Crippen LogP contribution in [0.1, 0.15) is 49.7 Å². The maximum Gasteiger partial charge on any atom is 0.131 e. The van der Waals surface area contributed by atoms with Crippen molar-refractivity contribution in [3.8, 4) is 5.75 Å². The second-order valence-electron chi connectivity index (χ2n) is 7.96. The van der Waals surface area contributed by atoms with Gasteiger partial charge in [-0.05, 0) is 74.8 Å². The number of hydrogen-bond donors (Lipinski definition) is 1. The summed E-state index contributed by atoms with van der Waals surface area (Å²) < 4.78 is 19.5. The normalized spacial score (nSPS) is 35.9. The third-order valence-electron chi connectivity index (χ3n) is 6.31. The molecule has 0 unspecified atom stereocenters. The van der Waals surface area contributed by atoms with Crippen LogP contribution in [0.4, 0.5) is 4.39 Å². The van der Waals surface area contributed by atoms with Gasteiger partial charge in [0.05, 0.1) is 7.11 Å². The second kappa shape index (κ2) is 5.23. The minimum atomic E-state index is -0.144. The second-order valence-corrected chi connectivity index (χ2v) is 7.96. The largest absolute Gasteiger partial charge is 0.497 e. The molecule has 0 amide bonds. The van der Waals surface area contributed by atoms with E-state index in [0.29, 0.717) is 12.3 Å². The van der Waals surface area contributed by atoms with E-state index in [-0.39, 0.29) is 11.4 Å². The lowest BCUT2D eigenvalue weighted by Crippen LogP contribution is -2.58. The van der Waals surface area contributed by atoms with E-state index in [1.54, 1.807) is 7.11 Å². The third kappa shape index (κ3) is 2.44. The zero-order valence-electron chi connectivity index (χ0n) is 13.6. The summed E-state index contributed by atoms with van der Waals surface area (Å²) >= 11 is 0. The molecular weight excluding hydrogens is 277 g/mol. The van der Waals surface area contributed by atoms with Gasteiger partial charge in [-0.2, -0.15) is 0 Å². The van der Waals surface area contributed by atoms with Crippen molar-refractivity contribution in [2.75, 3.05) is 7.11 Å². The zero-order valence-corrected chi connectivity index (χ0v) is 13.6. The SMILES string of the molecule is COc1cc(C)c(CNC23CC4CC(CC(C4)C2)C3)c(F)c1. The van der Waals surface area contributed by atoms with E-state index in [4.69, 9.17) is 4.74 Å². The lowest BCUT2D eigenvalue weighted by Gasteiger charge is -2.57. The van der Waals surface area contributed by atoms with Gasteiger partial charge in [-0.15, -0.1) is 0 Å². The molecule has 4 fully saturated rings. The minimum Gasteiger partial charge on any atom is -0.497 e. The molecule has 1 N–H and O–H groups in total. The van der Waals surface area contributed by atoms with Crippen molar-refractivity contribution in [2.45, 2.75) is 57.5 Å².